The molecule has 1 aromatic carbocycles. The summed E-state index contributed by atoms with van der Waals surface area (Å²) in [5, 5.41) is 2.80. The molecule has 3 N–H and O–H groups in total. The molecule has 1 amide bonds. The van der Waals surface area contributed by atoms with Gasteiger partial charge in [0, 0.05) is 29.7 Å². The van der Waals surface area contributed by atoms with Crippen LogP contribution in [0.4, 0.5) is 11.6 Å². The summed E-state index contributed by atoms with van der Waals surface area (Å²) >= 11 is 0. The Kier molecular flexibility index (Phi) is 5.93. The molecule has 1 aliphatic heterocycles. The molecule has 8 nitrogen and oxygen atoms in total. The molecule has 170 valence electrons. The molecule has 0 spiro atoms. The second-order valence-corrected chi connectivity index (χ2v) is 8.15. The minimum Gasteiger partial charge on any atom is -0.382 e. The van der Waals surface area contributed by atoms with Gasteiger partial charge in [-0.05, 0) is 50.6 Å². The predicted octanol–water partition coefficient (Wildman–Crippen LogP) is 3.79. The molecule has 1 fully saturated rings. The molecule has 1 atom stereocenters. The highest BCUT2D eigenvalue weighted by atomic mass is 16.1. The van der Waals surface area contributed by atoms with Crippen molar-refractivity contribution in [1.29, 1.82) is 0 Å². The van der Waals surface area contributed by atoms with Crippen molar-refractivity contribution in [3.05, 3.63) is 72.4 Å². The highest BCUT2D eigenvalue weighted by molar-refractivity contribution is 6.04. The number of likely N-dealkylation sites (tertiary alicyclic amines) is 1. The summed E-state index contributed by atoms with van der Waals surface area (Å²) in [5.74, 6) is 7.82. The molecule has 1 saturated heterocycles. The van der Waals surface area contributed by atoms with Gasteiger partial charge in [0.2, 0.25) is 0 Å². The molecule has 1 aliphatic rings. The number of aromatic nitrogens is 4. The molecular weight excluding hydrogens is 426 g/mol. The number of fused-ring (bicyclic) bond motifs is 1. The number of nitrogens with zero attached hydrogens (tertiary/aromatic N) is 5. The van der Waals surface area contributed by atoms with Gasteiger partial charge in [0.1, 0.15) is 28.7 Å². The van der Waals surface area contributed by atoms with E-state index in [0.29, 0.717) is 23.7 Å². The molecule has 5 rings (SSSR count). The third kappa shape index (κ3) is 4.09. The van der Waals surface area contributed by atoms with Crippen molar-refractivity contribution < 1.29 is 4.79 Å². The van der Waals surface area contributed by atoms with Gasteiger partial charge in [0.25, 0.3) is 5.91 Å². The number of benzene rings is 1. The van der Waals surface area contributed by atoms with Crippen LogP contribution >= 0.6 is 0 Å². The van der Waals surface area contributed by atoms with E-state index in [9.17, 15) is 4.79 Å². The van der Waals surface area contributed by atoms with Gasteiger partial charge in [0.05, 0.1) is 12.6 Å². The number of nitrogens with one attached hydrogen (secondary N) is 1. The fourth-order valence-corrected chi connectivity index (χ4v) is 4.42. The van der Waals surface area contributed by atoms with Crippen LogP contribution in [-0.2, 0) is 0 Å². The number of amides is 1. The van der Waals surface area contributed by atoms with Gasteiger partial charge in [-0.25, -0.2) is 15.0 Å². The number of anilines is 2. The Morgan fingerprint density at radius 2 is 2.03 bits per heavy atom. The molecule has 0 aliphatic carbocycles. The average Bonchev–Trinajstić information content (AvgIpc) is 3.48. The Balaban J connectivity index is 1.49. The van der Waals surface area contributed by atoms with Crippen LogP contribution in [0.3, 0.4) is 0 Å². The fourth-order valence-electron chi connectivity index (χ4n) is 4.42. The van der Waals surface area contributed by atoms with E-state index in [-0.39, 0.29) is 11.9 Å². The molecule has 3 aromatic heterocycles. The first-order valence-corrected chi connectivity index (χ1v) is 11.2. The van der Waals surface area contributed by atoms with Crippen molar-refractivity contribution in [2.75, 3.05) is 24.1 Å². The normalized spacial score (nSPS) is 15.7. The second-order valence-electron chi connectivity index (χ2n) is 8.15. The van der Waals surface area contributed by atoms with Crippen LogP contribution in [0.15, 0.2) is 61.1 Å². The van der Waals surface area contributed by atoms with Crippen molar-refractivity contribution in [3.63, 3.8) is 0 Å². The number of imidazole rings is 1. The van der Waals surface area contributed by atoms with Crippen LogP contribution in [0.2, 0.25) is 0 Å². The largest absolute Gasteiger partial charge is 0.382 e. The molecule has 0 saturated carbocycles. The molecule has 0 radical (unpaired) electrons. The Labute approximate surface area is 197 Å². The third-order valence-electron chi connectivity index (χ3n) is 6.06. The van der Waals surface area contributed by atoms with Crippen LogP contribution in [0.5, 0.6) is 0 Å². The summed E-state index contributed by atoms with van der Waals surface area (Å²) in [4.78, 5) is 28.5. The molecule has 4 aromatic rings. The lowest BCUT2D eigenvalue weighted by Crippen LogP contribution is -2.25. The van der Waals surface area contributed by atoms with E-state index < -0.39 is 0 Å². The van der Waals surface area contributed by atoms with Crippen LogP contribution in [0.25, 0.3) is 16.8 Å². The van der Waals surface area contributed by atoms with Crippen LogP contribution in [0, 0.1) is 11.8 Å². The zero-order chi connectivity index (χ0) is 23.5. The number of pyridine rings is 1. The monoisotopic (exact) mass is 451 g/mol. The maximum atomic E-state index is 12.6. The quantitative estimate of drug-likeness (QED) is 0.448. The van der Waals surface area contributed by atoms with Crippen molar-refractivity contribution in [1.82, 2.24) is 24.3 Å². The zero-order valence-corrected chi connectivity index (χ0v) is 18.9. The van der Waals surface area contributed by atoms with Crippen molar-refractivity contribution in [2.45, 2.75) is 25.8 Å². The number of nitrogens with two attached hydrogens (primary N) is 1. The maximum Gasteiger partial charge on any atom is 0.256 e. The number of hydrogen-bond acceptors (Lipinski definition) is 6. The molecular formula is C26H25N7O. The highest BCUT2D eigenvalue weighted by Crippen LogP contribution is 2.36. The second kappa shape index (κ2) is 9.33. The van der Waals surface area contributed by atoms with Crippen LogP contribution in [0.1, 0.15) is 42.0 Å². The number of carbonyl (C=O) groups is 1. The third-order valence-corrected chi connectivity index (χ3v) is 6.06. The van der Waals surface area contributed by atoms with E-state index in [2.05, 4.69) is 32.0 Å². The standard InChI is InChI=1S/C26H25N7O/c1-2-3-15-32-16-6-7-20(32)25-31-22(23-24(27)29-14-17-33(23)25)18-9-11-19(12-10-18)26(34)30-21-8-4-5-13-28-21/h4-5,8-14,17,20H,6-7,15-16H2,1H3,(H2,27,29)(H,28,30,34)/t20-/m1/s1. The van der Waals surface area contributed by atoms with Gasteiger partial charge in [-0.3, -0.25) is 14.1 Å². The van der Waals surface area contributed by atoms with Crippen molar-refractivity contribution >= 4 is 23.1 Å². The minimum atomic E-state index is -0.222. The van der Waals surface area contributed by atoms with E-state index >= 15 is 0 Å². The predicted molar refractivity (Wildman–Crippen MR) is 132 cm³/mol. The number of rotatable bonds is 5. The molecule has 0 bridgehead atoms. The topological polar surface area (TPSA) is 101 Å². The lowest BCUT2D eigenvalue weighted by atomic mass is 10.1. The maximum absolute atomic E-state index is 12.6. The van der Waals surface area contributed by atoms with Crippen LogP contribution < -0.4 is 11.1 Å². The summed E-state index contributed by atoms with van der Waals surface area (Å²) < 4.78 is 2.04. The van der Waals surface area contributed by atoms with Gasteiger partial charge in [-0.2, -0.15) is 0 Å². The molecule has 0 unspecified atom stereocenters. The van der Waals surface area contributed by atoms with Crippen LogP contribution in [-0.4, -0.2) is 43.2 Å². The first-order chi connectivity index (χ1) is 16.7. The number of carbonyl (C=O) groups excluding carboxylic acids is 1. The molecule has 34 heavy (non-hydrogen) atoms. The Hall–Kier alpha value is -4.22. The summed E-state index contributed by atoms with van der Waals surface area (Å²) in [5.41, 5.74) is 9.24. The van der Waals surface area contributed by atoms with E-state index in [1.54, 1.807) is 36.7 Å². The molecule has 4 heterocycles. The van der Waals surface area contributed by atoms with Crippen molar-refractivity contribution in [3.8, 4) is 23.1 Å². The average molecular weight is 452 g/mol. The minimum absolute atomic E-state index is 0.160. The Morgan fingerprint density at radius 3 is 2.79 bits per heavy atom. The van der Waals surface area contributed by atoms with E-state index in [1.165, 1.54) is 0 Å². The SMILES string of the molecule is CC#CCN1CCC[C@@H]1c1nc(-c2ccc(C(=O)Nc3ccccn3)cc2)c2c(N)nccn12. The van der Waals surface area contributed by atoms with E-state index in [0.717, 1.165) is 42.0 Å². The van der Waals surface area contributed by atoms with Gasteiger partial charge in [-0.1, -0.05) is 24.1 Å². The number of hydrogen-bond donors (Lipinski definition) is 2. The summed E-state index contributed by atoms with van der Waals surface area (Å²) in [7, 11) is 0. The van der Waals surface area contributed by atoms with Gasteiger partial charge in [0.15, 0.2) is 0 Å². The number of nitrogen functional groups attached to an aromatic ring is 1. The van der Waals surface area contributed by atoms with Gasteiger partial charge < -0.3 is 11.1 Å². The molecule has 8 heteroatoms. The summed E-state index contributed by atoms with van der Waals surface area (Å²) in [6.07, 6.45) is 7.36. The van der Waals surface area contributed by atoms with E-state index in [1.807, 2.05) is 35.7 Å². The zero-order valence-electron chi connectivity index (χ0n) is 18.9. The van der Waals surface area contributed by atoms with Gasteiger partial charge in [-0.15, -0.1) is 5.92 Å². The first-order valence-electron chi connectivity index (χ1n) is 11.2. The Bertz CT molecular complexity index is 1380. The Morgan fingerprint density at radius 1 is 1.18 bits per heavy atom. The lowest BCUT2D eigenvalue weighted by molar-refractivity contribution is 0.102. The van der Waals surface area contributed by atoms with Crippen molar-refractivity contribution in [2.24, 2.45) is 0 Å². The van der Waals surface area contributed by atoms with Gasteiger partial charge >= 0.3 is 0 Å². The smallest absolute Gasteiger partial charge is 0.256 e. The van der Waals surface area contributed by atoms with E-state index in [4.69, 9.17) is 10.7 Å². The summed E-state index contributed by atoms with van der Waals surface area (Å²) in [6.45, 7) is 3.57. The fraction of sp³-hybridized carbons (Fsp3) is 0.231. The lowest BCUT2D eigenvalue weighted by Gasteiger charge is -2.21. The highest BCUT2D eigenvalue weighted by Gasteiger charge is 2.30. The first kappa shape index (κ1) is 21.6. The summed E-state index contributed by atoms with van der Waals surface area (Å²) in [6, 6.07) is 12.9.